The quantitative estimate of drug-likeness (QED) is 0.810. The largest absolute Gasteiger partial charge is 0.496 e. The van der Waals surface area contributed by atoms with Crippen molar-refractivity contribution < 1.29 is 19.4 Å². The summed E-state index contributed by atoms with van der Waals surface area (Å²) >= 11 is 0. The number of ether oxygens (including phenoxy) is 1. The van der Waals surface area contributed by atoms with Crippen molar-refractivity contribution in [2.24, 2.45) is 5.41 Å². The first-order valence-electron chi connectivity index (χ1n) is 7.60. The van der Waals surface area contributed by atoms with Crippen molar-refractivity contribution >= 4 is 11.9 Å². The first-order chi connectivity index (χ1) is 10.5. The van der Waals surface area contributed by atoms with Gasteiger partial charge in [-0.3, -0.25) is 9.59 Å². The van der Waals surface area contributed by atoms with E-state index in [2.05, 4.69) is 5.32 Å². The van der Waals surface area contributed by atoms with Gasteiger partial charge in [0.15, 0.2) is 0 Å². The lowest BCUT2D eigenvalue weighted by molar-refractivity contribution is -0.157. The van der Waals surface area contributed by atoms with Crippen LogP contribution in [0.5, 0.6) is 5.75 Å². The summed E-state index contributed by atoms with van der Waals surface area (Å²) in [5, 5.41) is 12.0. The maximum Gasteiger partial charge on any atom is 0.310 e. The molecule has 2 rings (SSSR count). The lowest BCUT2D eigenvalue weighted by atomic mass is 9.66. The van der Waals surface area contributed by atoms with E-state index in [0.717, 1.165) is 23.3 Å². The Morgan fingerprint density at radius 3 is 2.64 bits per heavy atom. The molecule has 0 aromatic heterocycles. The van der Waals surface area contributed by atoms with Crippen LogP contribution in [0.4, 0.5) is 0 Å². The number of carboxylic acids is 1. The molecule has 1 aromatic rings. The van der Waals surface area contributed by atoms with Crippen molar-refractivity contribution in [3.8, 4) is 5.75 Å². The molecule has 0 aliphatic heterocycles. The summed E-state index contributed by atoms with van der Waals surface area (Å²) in [7, 11) is 1.64. The number of nitrogens with one attached hydrogen (secondary N) is 1. The van der Waals surface area contributed by atoms with Gasteiger partial charge in [0.25, 0.3) is 0 Å². The molecule has 5 heteroatoms. The Morgan fingerprint density at radius 2 is 2.09 bits per heavy atom. The summed E-state index contributed by atoms with van der Waals surface area (Å²) in [6.07, 6.45) is 2.88. The Hall–Kier alpha value is -2.04. The average molecular weight is 305 g/mol. The van der Waals surface area contributed by atoms with Crippen LogP contribution in [0, 0.1) is 12.3 Å². The van der Waals surface area contributed by atoms with Gasteiger partial charge in [0.05, 0.1) is 12.5 Å². The Labute approximate surface area is 130 Å². The number of benzene rings is 1. The standard InChI is InChI=1S/C17H23NO4/c1-12-4-5-13(10-14(12)22-2)6-9-18-15(19)11-17(16(20)21)7-3-8-17/h4-5,10H,3,6-9,11H2,1-2H3,(H,18,19)(H,20,21). The summed E-state index contributed by atoms with van der Waals surface area (Å²) in [5.41, 5.74) is 1.33. The van der Waals surface area contributed by atoms with E-state index >= 15 is 0 Å². The molecule has 5 nitrogen and oxygen atoms in total. The van der Waals surface area contributed by atoms with E-state index in [1.165, 1.54) is 0 Å². The van der Waals surface area contributed by atoms with Crippen molar-refractivity contribution in [1.29, 1.82) is 0 Å². The normalized spacial score (nSPS) is 15.7. The zero-order valence-electron chi connectivity index (χ0n) is 13.1. The van der Waals surface area contributed by atoms with Gasteiger partial charge in [0.1, 0.15) is 5.75 Å². The number of hydrogen-bond donors (Lipinski definition) is 2. The van der Waals surface area contributed by atoms with E-state index in [4.69, 9.17) is 4.74 Å². The molecule has 0 heterocycles. The van der Waals surface area contributed by atoms with Gasteiger partial charge in [-0.15, -0.1) is 0 Å². The summed E-state index contributed by atoms with van der Waals surface area (Å²) in [6, 6.07) is 5.96. The highest BCUT2D eigenvalue weighted by Gasteiger charge is 2.45. The Kier molecular flexibility index (Phi) is 5.06. The number of aliphatic carboxylic acids is 1. The predicted molar refractivity (Wildman–Crippen MR) is 83.0 cm³/mol. The minimum Gasteiger partial charge on any atom is -0.496 e. The van der Waals surface area contributed by atoms with E-state index in [9.17, 15) is 14.7 Å². The topological polar surface area (TPSA) is 75.6 Å². The highest BCUT2D eigenvalue weighted by molar-refractivity contribution is 5.85. The molecule has 0 unspecified atom stereocenters. The minimum absolute atomic E-state index is 0.0829. The fourth-order valence-corrected chi connectivity index (χ4v) is 2.81. The molecule has 0 spiro atoms. The molecule has 1 aliphatic rings. The van der Waals surface area contributed by atoms with Gasteiger partial charge >= 0.3 is 5.97 Å². The minimum atomic E-state index is -0.850. The lowest BCUT2D eigenvalue weighted by Crippen LogP contribution is -2.42. The summed E-state index contributed by atoms with van der Waals surface area (Å²) in [6.45, 7) is 2.48. The number of carbonyl (C=O) groups excluding carboxylic acids is 1. The van der Waals surface area contributed by atoms with Crippen LogP contribution in [-0.2, 0) is 16.0 Å². The second-order valence-corrected chi connectivity index (χ2v) is 6.02. The van der Waals surface area contributed by atoms with Gasteiger partial charge in [-0.05, 0) is 43.4 Å². The number of amides is 1. The predicted octanol–water partition coefficient (Wildman–Crippen LogP) is 2.31. The maximum atomic E-state index is 11.9. The Bertz CT molecular complexity index is 564. The van der Waals surface area contributed by atoms with E-state index in [0.29, 0.717) is 25.8 Å². The number of methoxy groups -OCH3 is 1. The summed E-state index contributed by atoms with van der Waals surface area (Å²) < 4.78 is 5.27. The molecule has 0 radical (unpaired) electrons. The molecule has 1 amide bonds. The number of carbonyl (C=O) groups is 2. The SMILES string of the molecule is COc1cc(CCNC(=O)CC2(C(=O)O)CCC2)ccc1C. The molecule has 1 fully saturated rings. The van der Waals surface area contributed by atoms with E-state index in [1.54, 1.807) is 7.11 Å². The third kappa shape index (κ3) is 3.59. The van der Waals surface area contributed by atoms with Gasteiger partial charge in [-0.2, -0.15) is 0 Å². The first-order valence-corrected chi connectivity index (χ1v) is 7.60. The van der Waals surface area contributed by atoms with Gasteiger partial charge < -0.3 is 15.2 Å². The lowest BCUT2D eigenvalue weighted by Gasteiger charge is -2.36. The van der Waals surface area contributed by atoms with Crippen LogP contribution < -0.4 is 10.1 Å². The molecule has 2 N–H and O–H groups in total. The van der Waals surface area contributed by atoms with Crippen molar-refractivity contribution in [1.82, 2.24) is 5.32 Å². The van der Waals surface area contributed by atoms with Crippen molar-refractivity contribution in [3.05, 3.63) is 29.3 Å². The van der Waals surface area contributed by atoms with Crippen LogP contribution in [0.1, 0.15) is 36.8 Å². The highest BCUT2D eigenvalue weighted by atomic mass is 16.5. The van der Waals surface area contributed by atoms with Crippen molar-refractivity contribution in [3.63, 3.8) is 0 Å². The van der Waals surface area contributed by atoms with E-state index in [-0.39, 0.29) is 12.3 Å². The monoisotopic (exact) mass is 305 g/mol. The summed E-state index contributed by atoms with van der Waals surface area (Å²) in [4.78, 5) is 23.2. The molecular formula is C17H23NO4. The molecule has 0 saturated heterocycles. The smallest absolute Gasteiger partial charge is 0.310 e. The highest BCUT2D eigenvalue weighted by Crippen LogP contribution is 2.44. The zero-order chi connectivity index (χ0) is 16.2. The van der Waals surface area contributed by atoms with E-state index < -0.39 is 11.4 Å². The third-order valence-corrected chi connectivity index (χ3v) is 4.47. The molecule has 0 atom stereocenters. The van der Waals surface area contributed by atoms with Crippen molar-refractivity contribution in [2.75, 3.05) is 13.7 Å². The average Bonchev–Trinajstić information content (AvgIpc) is 2.44. The van der Waals surface area contributed by atoms with Gasteiger partial charge in [-0.1, -0.05) is 18.6 Å². The number of carboxylic acid groups (broad SMARTS) is 1. The number of aryl methyl sites for hydroxylation is 1. The van der Waals surface area contributed by atoms with Crippen LogP contribution in [0.2, 0.25) is 0 Å². The zero-order valence-corrected chi connectivity index (χ0v) is 13.1. The fourth-order valence-electron chi connectivity index (χ4n) is 2.81. The van der Waals surface area contributed by atoms with Crippen LogP contribution in [0.25, 0.3) is 0 Å². The molecule has 0 bridgehead atoms. The second-order valence-electron chi connectivity index (χ2n) is 6.02. The molecule has 120 valence electrons. The number of rotatable bonds is 7. The van der Waals surface area contributed by atoms with Crippen molar-refractivity contribution in [2.45, 2.75) is 39.0 Å². The van der Waals surface area contributed by atoms with Gasteiger partial charge in [0, 0.05) is 13.0 Å². The van der Waals surface area contributed by atoms with Gasteiger partial charge in [-0.25, -0.2) is 0 Å². The first kappa shape index (κ1) is 16.3. The Morgan fingerprint density at radius 1 is 1.36 bits per heavy atom. The number of hydrogen-bond acceptors (Lipinski definition) is 3. The second kappa shape index (κ2) is 6.81. The maximum absolute atomic E-state index is 11.9. The Balaban J connectivity index is 1.81. The molecule has 22 heavy (non-hydrogen) atoms. The van der Waals surface area contributed by atoms with Crippen LogP contribution in [0.15, 0.2) is 18.2 Å². The molecule has 1 aromatic carbocycles. The molecule has 1 aliphatic carbocycles. The third-order valence-electron chi connectivity index (χ3n) is 4.47. The van der Waals surface area contributed by atoms with Gasteiger partial charge in [0.2, 0.25) is 5.91 Å². The van der Waals surface area contributed by atoms with Crippen LogP contribution in [0.3, 0.4) is 0 Å². The van der Waals surface area contributed by atoms with Crippen LogP contribution >= 0.6 is 0 Å². The molecular weight excluding hydrogens is 282 g/mol. The summed E-state index contributed by atoms with van der Waals surface area (Å²) in [5.74, 6) is -0.193. The van der Waals surface area contributed by atoms with E-state index in [1.807, 2.05) is 25.1 Å². The fraction of sp³-hybridized carbons (Fsp3) is 0.529. The molecule has 1 saturated carbocycles. The van der Waals surface area contributed by atoms with Crippen LogP contribution in [-0.4, -0.2) is 30.6 Å².